The minimum absolute atomic E-state index is 0.217. The fourth-order valence-corrected chi connectivity index (χ4v) is 2.40. The van der Waals surface area contributed by atoms with Gasteiger partial charge in [-0.2, -0.15) is 0 Å². The molecule has 0 aliphatic heterocycles. The molecule has 0 aliphatic carbocycles. The van der Waals surface area contributed by atoms with E-state index in [4.69, 9.17) is 9.47 Å². The van der Waals surface area contributed by atoms with Gasteiger partial charge in [0.05, 0.1) is 19.4 Å². The zero-order chi connectivity index (χ0) is 20.5. The van der Waals surface area contributed by atoms with Gasteiger partial charge in [-0.15, -0.1) is 5.10 Å². The number of ether oxygens (including phenoxy) is 2. The van der Waals surface area contributed by atoms with Crippen molar-refractivity contribution >= 4 is 11.8 Å². The fraction of sp³-hybridized carbons (Fsp3) is 0.211. The third-order valence-corrected chi connectivity index (χ3v) is 3.93. The van der Waals surface area contributed by atoms with E-state index in [1.807, 2.05) is 0 Å². The van der Waals surface area contributed by atoms with Crippen LogP contribution in [0.2, 0.25) is 0 Å². The van der Waals surface area contributed by atoms with Crippen LogP contribution in [0.15, 0.2) is 54.9 Å². The molecule has 2 amide bonds. The van der Waals surface area contributed by atoms with E-state index in [0.29, 0.717) is 30.0 Å². The van der Waals surface area contributed by atoms with Crippen LogP contribution in [0.25, 0.3) is 5.69 Å². The van der Waals surface area contributed by atoms with Crippen LogP contribution in [0.3, 0.4) is 0 Å². The Balaban J connectivity index is 1.35. The van der Waals surface area contributed by atoms with Gasteiger partial charge in [0.2, 0.25) is 5.91 Å². The minimum Gasteiger partial charge on any atom is -0.497 e. The molecule has 10 nitrogen and oxygen atoms in total. The summed E-state index contributed by atoms with van der Waals surface area (Å²) in [7, 11) is 1.60. The van der Waals surface area contributed by atoms with Crippen molar-refractivity contribution in [3.63, 3.8) is 0 Å². The average Bonchev–Trinajstić information content (AvgIpc) is 3.30. The zero-order valence-corrected chi connectivity index (χ0v) is 15.7. The molecule has 2 aromatic carbocycles. The Hall–Kier alpha value is -3.95. The quantitative estimate of drug-likeness (QED) is 0.435. The second kappa shape index (κ2) is 9.83. The highest BCUT2D eigenvalue weighted by atomic mass is 16.5. The molecule has 0 bridgehead atoms. The first-order valence-corrected chi connectivity index (χ1v) is 8.85. The summed E-state index contributed by atoms with van der Waals surface area (Å²) in [6.07, 6.45) is 2.18. The first kappa shape index (κ1) is 19.8. The van der Waals surface area contributed by atoms with E-state index in [2.05, 4.69) is 26.4 Å². The van der Waals surface area contributed by atoms with Gasteiger partial charge < -0.3 is 9.47 Å². The fourth-order valence-electron chi connectivity index (χ4n) is 2.40. The van der Waals surface area contributed by atoms with Gasteiger partial charge in [-0.1, -0.05) is 0 Å². The van der Waals surface area contributed by atoms with Crippen LogP contribution in [0.5, 0.6) is 11.5 Å². The van der Waals surface area contributed by atoms with Crippen molar-refractivity contribution in [3.8, 4) is 17.2 Å². The minimum atomic E-state index is -0.420. The Kier molecular flexibility index (Phi) is 6.71. The van der Waals surface area contributed by atoms with Gasteiger partial charge >= 0.3 is 0 Å². The lowest BCUT2D eigenvalue weighted by molar-refractivity contribution is -0.122. The van der Waals surface area contributed by atoms with E-state index in [0.717, 1.165) is 5.75 Å². The van der Waals surface area contributed by atoms with Gasteiger partial charge in [-0.3, -0.25) is 20.4 Å². The van der Waals surface area contributed by atoms with Crippen molar-refractivity contribution in [1.82, 2.24) is 31.1 Å². The summed E-state index contributed by atoms with van der Waals surface area (Å²) in [5.74, 6) is 0.722. The number of aromatic nitrogens is 4. The molecular formula is C19H20N6O4. The summed E-state index contributed by atoms with van der Waals surface area (Å²) in [6.45, 7) is 0.381. The summed E-state index contributed by atoms with van der Waals surface area (Å²) < 4.78 is 12.1. The average molecular weight is 396 g/mol. The number of hydrazine groups is 1. The third-order valence-electron chi connectivity index (χ3n) is 3.93. The number of methoxy groups -OCH3 is 1. The maximum Gasteiger partial charge on any atom is 0.269 e. The molecule has 2 N–H and O–H groups in total. The van der Waals surface area contributed by atoms with Crippen molar-refractivity contribution in [2.24, 2.45) is 0 Å². The number of nitrogens with zero attached hydrogens (tertiary/aromatic N) is 4. The highest BCUT2D eigenvalue weighted by Gasteiger charge is 2.08. The van der Waals surface area contributed by atoms with Crippen molar-refractivity contribution in [1.29, 1.82) is 0 Å². The third kappa shape index (κ3) is 5.76. The standard InChI is InChI=1S/C19H20N6O4/c1-28-16-8-10-17(11-9-16)29-12-2-3-18(26)21-22-19(27)14-4-6-15(7-5-14)25-13-20-23-24-25/h4-11,13H,2-3,12H2,1H3,(H,21,26)(H,22,27). The molecule has 0 aliphatic rings. The number of amides is 2. The first-order chi connectivity index (χ1) is 14.2. The van der Waals surface area contributed by atoms with Crippen molar-refractivity contribution in [2.45, 2.75) is 12.8 Å². The molecule has 29 heavy (non-hydrogen) atoms. The number of carbonyl (C=O) groups excluding carboxylic acids is 2. The normalized spacial score (nSPS) is 10.2. The molecule has 150 valence electrons. The molecule has 0 fully saturated rings. The van der Waals surface area contributed by atoms with Crippen LogP contribution in [0.1, 0.15) is 23.2 Å². The van der Waals surface area contributed by atoms with Crippen LogP contribution >= 0.6 is 0 Å². The molecule has 0 saturated heterocycles. The highest BCUT2D eigenvalue weighted by molar-refractivity contribution is 5.95. The Bertz CT molecular complexity index is 926. The van der Waals surface area contributed by atoms with E-state index in [1.165, 1.54) is 11.0 Å². The summed E-state index contributed by atoms with van der Waals surface area (Å²) in [5.41, 5.74) is 5.88. The van der Waals surface area contributed by atoms with Crippen LogP contribution in [-0.4, -0.2) is 45.7 Å². The molecular weight excluding hydrogens is 376 g/mol. The SMILES string of the molecule is COc1ccc(OCCCC(=O)NNC(=O)c2ccc(-n3cnnn3)cc2)cc1. The maximum absolute atomic E-state index is 12.1. The predicted octanol–water partition coefficient (Wildman–Crippen LogP) is 1.29. The summed E-state index contributed by atoms with van der Waals surface area (Å²) in [5, 5.41) is 10.9. The summed E-state index contributed by atoms with van der Waals surface area (Å²) in [6, 6.07) is 13.8. The number of hydrogen-bond acceptors (Lipinski definition) is 7. The van der Waals surface area contributed by atoms with Crippen molar-refractivity contribution in [2.75, 3.05) is 13.7 Å². The Labute approximate surface area is 166 Å². The molecule has 0 atom stereocenters. The molecule has 0 radical (unpaired) electrons. The topological polar surface area (TPSA) is 120 Å². The Morgan fingerprint density at radius 1 is 1.00 bits per heavy atom. The van der Waals surface area contributed by atoms with Crippen molar-refractivity contribution in [3.05, 3.63) is 60.4 Å². The van der Waals surface area contributed by atoms with E-state index < -0.39 is 5.91 Å². The first-order valence-electron chi connectivity index (χ1n) is 8.85. The number of benzene rings is 2. The van der Waals surface area contributed by atoms with Crippen LogP contribution < -0.4 is 20.3 Å². The lowest BCUT2D eigenvalue weighted by Gasteiger charge is -2.09. The monoisotopic (exact) mass is 396 g/mol. The molecule has 10 heteroatoms. The van der Waals surface area contributed by atoms with Crippen LogP contribution in [0, 0.1) is 0 Å². The van der Waals surface area contributed by atoms with Gasteiger partial charge in [-0.05, 0) is 65.4 Å². The molecule has 1 aromatic heterocycles. The van der Waals surface area contributed by atoms with Crippen LogP contribution in [0.4, 0.5) is 0 Å². The van der Waals surface area contributed by atoms with E-state index in [1.54, 1.807) is 55.6 Å². The Morgan fingerprint density at radius 3 is 2.38 bits per heavy atom. The second-order valence-corrected chi connectivity index (χ2v) is 5.93. The summed E-state index contributed by atoms with van der Waals surface area (Å²) >= 11 is 0. The molecule has 3 aromatic rings. The lowest BCUT2D eigenvalue weighted by Crippen LogP contribution is -2.41. The van der Waals surface area contributed by atoms with E-state index >= 15 is 0 Å². The molecule has 3 rings (SSSR count). The number of nitrogens with one attached hydrogen (secondary N) is 2. The van der Waals surface area contributed by atoms with E-state index in [9.17, 15) is 9.59 Å². The molecule has 1 heterocycles. The highest BCUT2D eigenvalue weighted by Crippen LogP contribution is 2.17. The molecule has 0 saturated carbocycles. The van der Waals surface area contributed by atoms with Crippen LogP contribution in [-0.2, 0) is 4.79 Å². The van der Waals surface area contributed by atoms with E-state index in [-0.39, 0.29) is 12.3 Å². The molecule has 0 spiro atoms. The number of rotatable bonds is 8. The van der Waals surface area contributed by atoms with Gasteiger partial charge in [0.1, 0.15) is 17.8 Å². The largest absolute Gasteiger partial charge is 0.497 e. The zero-order valence-electron chi connectivity index (χ0n) is 15.7. The smallest absolute Gasteiger partial charge is 0.269 e. The predicted molar refractivity (Wildman–Crippen MR) is 102 cm³/mol. The summed E-state index contributed by atoms with van der Waals surface area (Å²) in [4.78, 5) is 24.0. The number of tetrazole rings is 1. The van der Waals surface area contributed by atoms with Crippen molar-refractivity contribution < 1.29 is 19.1 Å². The van der Waals surface area contributed by atoms with Gasteiger partial charge in [0.15, 0.2) is 0 Å². The maximum atomic E-state index is 12.1. The second-order valence-electron chi connectivity index (χ2n) is 5.93. The Morgan fingerprint density at radius 2 is 1.72 bits per heavy atom. The molecule has 0 unspecified atom stereocenters. The van der Waals surface area contributed by atoms with Gasteiger partial charge in [-0.25, -0.2) is 4.68 Å². The van der Waals surface area contributed by atoms with Gasteiger partial charge in [0.25, 0.3) is 5.91 Å². The number of carbonyl (C=O) groups is 2. The lowest BCUT2D eigenvalue weighted by atomic mass is 10.2. The van der Waals surface area contributed by atoms with Gasteiger partial charge in [0, 0.05) is 12.0 Å². The number of hydrogen-bond donors (Lipinski definition) is 2.